The van der Waals surface area contributed by atoms with E-state index in [4.69, 9.17) is 9.15 Å². The zero-order chi connectivity index (χ0) is 18.7. The van der Waals surface area contributed by atoms with Crippen LogP contribution >= 0.6 is 0 Å². The van der Waals surface area contributed by atoms with E-state index in [-0.39, 0.29) is 11.8 Å². The van der Waals surface area contributed by atoms with Gasteiger partial charge in [0, 0.05) is 33.2 Å². The summed E-state index contributed by atoms with van der Waals surface area (Å²) in [6, 6.07) is 3.51. The maximum atomic E-state index is 12.8. The van der Waals surface area contributed by atoms with Crippen LogP contribution in [0.25, 0.3) is 0 Å². The van der Waals surface area contributed by atoms with Crippen molar-refractivity contribution in [2.45, 2.75) is 31.9 Å². The van der Waals surface area contributed by atoms with Gasteiger partial charge in [-0.3, -0.25) is 4.79 Å². The van der Waals surface area contributed by atoms with Crippen molar-refractivity contribution in [3.63, 3.8) is 0 Å². The fourth-order valence-corrected chi connectivity index (χ4v) is 3.39. The molecule has 0 bridgehead atoms. The number of hydrogen-bond acceptors (Lipinski definition) is 6. The van der Waals surface area contributed by atoms with E-state index >= 15 is 0 Å². The molecular weight excluding hydrogens is 334 g/mol. The van der Waals surface area contributed by atoms with Gasteiger partial charge in [0.05, 0.1) is 6.54 Å². The third-order valence-electron chi connectivity index (χ3n) is 4.69. The number of piperidine rings is 1. The van der Waals surface area contributed by atoms with E-state index in [2.05, 4.69) is 19.7 Å². The number of carbonyl (C=O) groups excluding carboxylic acids is 1. The van der Waals surface area contributed by atoms with E-state index in [9.17, 15) is 4.79 Å². The SMILES string of the molecule is COCc1ccc(C(=O)N2CCCC(c3nnc(CN(C)C)n3C)C2)o1. The van der Waals surface area contributed by atoms with Crippen molar-refractivity contribution in [1.82, 2.24) is 24.6 Å². The summed E-state index contributed by atoms with van der Waals surface area (Å²) in [5.41, 5.74) is 0. The second-order valence-electron chi connectivity index (χ2n) is 7.06. The highest BCUT2D eigenvalue weighted by Crippen LogP contribution is 2.27. The smallest absolute Gasteiger partial charge is 0.289 e. The Morgan fingerprint density at radius 2 is 2.19 bits per heavy atom. The number of nitrogens with zero attached hydrogens (tertiary/aromatic N) is 5. The lowest BCUT2D eigenvalue weighted by molar-refractivity contribution is 0.0664. The standard InChI is InChI=1S/C18H27N5O3/c1-21(2)11-16-19-20-17(22(16)3)13-6-5-9-23(10-13)18(24)15-8-7-14(26-15)12-25-4/h7-8,13H,5-6,9-12H2,1-4H3. The number of carbonyl (C=O) groups is 1. The van der Waals surface area contributed by atoms with Gasteiger partial charge in [0.1, 0.15) is 24.0 Å². The summed E-state index contributed by atoms with van der Waals surface area (Å²) in [5, 5.41) is 8.71. The monoisotopic (exact) mass is 361 g/mol. The quantitative estimate of drug-likeness (QED) is 0.778. The minimum atomic E-state index is -0.0762. The summed E-state index contributed by atoms with van der Waals surface area (Å²) >= 11 is 0. The van der Waals surface area contributed by atoms with Gasteiger partial charge in [0.2, 0.25) is 0 Å². The Kier molecular flexibility index (Phi) is 5.73. The highest BCUT2D eigenvalue weighted by molar-refractivity contribution is 5.91. The number of amides is 1. The molecular formula is C18H27N5O3. The molecule has 26 heavy (non-hydrogen) atoms. The van der Waals surface area contributed by atoms with Crippen molar-refractivity contribution in [1.29, 1.82) is 0 Å². The molecule has 1 aliphatic rings. The van der Waals surface area contributed by atoms with Crippen LogP contribution in [-0.4, -0.2) is 64.8 Å². The molecule has 0 radical (unpaired) electrons. The molecule has 2 aromatic heterocycles. The van der Waals surface area contributed by atoms with Crippen LogP contribution in [0.3, 0.4) is 0 Å². The molecule has 0 aliphatic carbocycles. The number of hydrogen-bond donors (Lipinski definition) is 0. The largest absolute Gasteiger partial charge is 0.453 e. The van der Waals surface area contributed by atoms with Gasteiger partial charge in [-0.2, -0.15) is 0 Å². The number of aromatic nitrogens is 3. The first-order valence-electron chi connectivity index (χ1n) is 8.89. The van der Waals surface area contributed by atoms with E-state index in [1.165, 1.54) is 0 Å². The lowest BCUT2D eigenvalue weighted by Crippen LogP contribution is -2.39. The topological polar surface area (TPSA) is 76.6 Å². The van der Waals surface area contributed by atoms with Gasteiger partial charge >= 0.3 is 0 Å². The van der Waals surface area contributed by atoms with Crippen molar-refractivity contribution < 1.29 is 13.9 Å². The second kappa shape index (κ2) is 8.01. The van der Waals surface area contributed by atoms with Crippen molar-refractivity contribution in [2.75, 3.05) is 34.3 Å². The summed E-state index contributed by atoms with van der Waals surface area (Å²) in [7, 11) is 7.62. The summed E-state index contributed by atoms with van der Waals surface area (Å²) in [4.78, 5) is 16.7. The first kappa shape index (κ1) is 18.6. The van der Waals surface area contributed by atoms with Crippen molar-refractivity contribution >= 4 is 5.91 Å². The third-order valence-corrected chi connectivity index (χ3v) is 4.69. The molecule has 1 atom stereocenters. The molecule has 0 saturated carbocycles. The Morgan fingerprint density at radius 1 is 1.38 bits per heavy atom. The van der Waals surface area contributed by atoms with Crippen LogP contribution in [-0.2, 0) is 24.9 Å². The Labute approximate surface area is 153 Å². The number of furan rings is 1. The molecule has 142 valence electrons. The second-order valence-corrected chi connectivity index (χ2v) is 7.06. The Bertz CT molecular complexity index is 752. The van der Waals surface area contributed by atoms with Gasteiger partial charge in [0.15, 0.2) is 5.76 Å². The summed E-state index contributed by atoms with van der Waals surface area (Å²) in [5.74, 6) is 3.01. The van der Waals surface area contributed by atoms with Crippen LogP contribution < -0.4 is 0 Å². The van der Waals surface area contributed by atoms with Crippen LogP contribution in [0.1, 0.15) is 46.7 Å². The molecule has 8 heteroatoms. The highest BCUT2D eigenvalue weighted by Gasteiger charge is 2.30. The van der Waals surface area contributed by atoms with Crippen molar-refractivity contribution in [3.8, 4) is 0 Å². The van der Waals surface area contributed by atoms with E-state index in [1.807, 2.05) is 26.0 Å². The summed E-state index contributed by atoms with van der Waals surface area (Å²) < 4.78 is 12.7. The molecule has 1 aliphatic heterocycles. The van der Waals surface area contributed by atoms with E-state index < -0.39 is 0 Å². The first-order valence-corrected chi connectivity index (χ1v) is 8.89. The summed E-state index contributed by atoms with van der Waals surface area (Å²) in [6.07, 6.45) is 1.95. The molecule has 1 unspecified atom stereocenters. The maximum Gasteiger partial charge on any atom is 0.289 e. The van der Waals surface area contributed by atoms with Crippen LogP contribution in [0.2, 0.25) is 0 Å². The fraction of sp³-hybridized carbons (Fsp3) is 0.611. The molecule has 0 spiro atoms. The average Bonchev–Trinajstić information content (AvgIpc) is 3.22. The maximum absolute atomic E-state index is 12.8. The number of rotatable bonds is 6. The molecule has 1 amide bonds. The van der Waals surface area contributed by atoms with Gasteiger partial charge in [-0.05, 0) is 39.1 Å². The number of methoxy groups -OCH3 is 1. The van der Waals surface area contributed by atoms with Crippen molar-refractivity contribution in [3.05, 3.63) is 35.3 Å². The van der Waals surface area contributed by atoms with Crippen LogP contribution in [0, 0.1) is 0 Å². The van der Waals surface area contributed by atoms with E-state index in [0.29, 0.717) is 24.7 Å². The molecule has 2 aromatic rings. The third kappa shape index (κ3) is 3.96. The minimum absolute atomic E-state index is 0.0762. The van der Waals surface area contributed by atoms with Gasteiger partial charge in [0.25, 0.3) is 5.91 Å². The number of likely N-dealkylation sites (tertiary alicyclic amines) is 1. The Morgan fingerprint density at radius 3 is 2.92 bits per heavy atom. The first-order chi connectivity index (χ1) is 12.5. The Hall–Kier alpha value is -2.19. The highest BCUT2D eigenvalue weighted by atomic mass is 16.5. The molecule has 8 nitrogen and oxygen atoms in total. The van der Waals surface area contributed by atoms with Crippen LogP contribution in [0.4, 0.5) is 0 Å². The number of ether oxygens (including phenoxy) is 1. The molecule has 3 rings (SSSR count). The lowest BCUT2D eigenvalue weighted by atomic mass is 9.97. The van der Waals surface area contributed by atoms with E-state index in [0.717, 1.165) is 37.6 Å². The van der Waals surface area contributed by atoms with E-state index in [1.54, 1.807) is 19.2 Å². The van der Waals surface area contributed by atoms with Gasteiger partial charge in [-0.1, -0.05) is 0 Å². The normalized spacial score (nSPS) is 17.9. The molecule has 3 heterocycles. The van der Waals surface area contributed by atoms with Crippen molar-refractivity contribution in [2.24, 2.45) is 7.05 Å². The van der Waals surface area contributed by atoms with Gasteiger partial charge in [-0.25, -0.2) is 0 Å². The fourth-order valence-electron chi connectivity index (χ4n) is 3.39. The molecule has 0 N–H and O–H groups in total. The predicted octanol–water partition coefficient (Wildman–Crippen LogP) is 1.64. The lowest BCUT2D eigenvalue weighted by Gasteiger charge is -2.31. The van der Waals surface area contributed by atoms with Gasteiger partial charge < -0.3 is 23.5 Å². The zero-order valence-electron chi connectivity index (χ0n) is 15.9. The summed E-state index contributed by atoms with van der Waals surface area (Å²) in [6.45, 7) is 2.47. The van der Waals surface area contributed by atoms with Gasteiger partial charge in [-0.15, -0.1) is 10.2 Å². The predicted molar refractivity (Wildman–Crippen MR) is 95.7 cm³/mol. The Balaban J connectivity index is 1.70. The molecule has 0 aromatic carbocycles. The van der Waals surface area contributed by atoms with Crippen LogP contribution in [0.5, 0.6) is 0 Å². The van der Waals surface area contributed by atoms with Crippen LogP contribution in [0.15, 0.2) is 16.5 Å². The average molecular weight is 361 g/mol. The molecule has 1 fully saturated rings. The molecule has 1 saturated heterocycles. The minimum Gasteiger partial charge on any atom is -0.453 e. The zero-order valence-corrected chi connectivity index (χ0v) is 15.9.